The van der Waals surface area contributed by atoms with Crippen LogP contribution in [0.4, 0.5) is 0 Å². The summed E-state index contributed by atoms with van der Waals surface area (Å²) in [5.74, 6) is 5.09. The van der Waals surface area contributed by atoms with E-state index in [4.69, 9.17) is 5.84 Å². The van der Waals surface area contributed by atoms with Gasteiger partial charge in [0.25, 0.3) is 0 Å². The third-order valence-electron chi connectivity index (χ3n) is 0.579. The molecule has 0 radical (unpaired) electrons. The van der Waals surface area contributed by atoms with Gasteiger partial charge in [0.2, 0.25) is 5.12 Å². The molecule has 4 nitrogen and oxygen atoms in total. The zero-order valence-electron chi connectivity index (χ0n) is 3.55. The molecule has 5 heteroatoms. The number of hydrazine groups is 2. The van der Waals surface area contributed by atoms with Crippen LogP contribution >= 0.6 is 11.9 Å². The molecule has 1 heterocycles. The molecule has 0 aliphatic carbocycles. The highest BCUT2D eigenvalue weighted by molar-refractivity contribution is 8.11. The molecule has 0 amide bonds. The summed E-state index contributed by atoms with van der Waals surface area (Å²) in [4.78, 5) is 10.2. The van der Waals surface area contributed by atoms with Crippen molar-refractivity contribution in [1.29, 1.82) is 0 Å². The second-order valence-corrected chi connectivity index (χ2v) is 2.16. The number of hydrogen-bond donors (Lipinski definition) is 2. The van der Waals surface area contributed by atoms with Crippen LogP contribution in [0.2, 0.25) is 0 Å². The lowest BCUT2D eigenvalue weighted by Gasteiger charge is -1.98. The number of nitrogens with zero attached hydrogens (tertiary/aromatic N) is 1. The summed E-state index contributed by atoms with van der Waals surface area (Å²) in [7, 11) is 0. The monoisotopic (exact) mass is 119 g/mol. The molecule has 0 spiro atoms. The highest BCUT2D eigenvalue weighted by Crippen LogP contribution is 2.06. The van der Waals surface area contributed by atoms with E-state index in [1.54, 1.807) is 0 Å². The van der Waals surface area contributed by atoms with Crippen molar-refractivity contribution in [3.63, 3.8) is 0 Å². The van der Waals surface area contributed by atoms with Crippen molar-refractivity contribution in [2.24, 2.45) is 5.84 Å². The molecule has 1 saturated heterocycles. The van der Waals surface area contributed by atoms with Gasteiger partial charge in [0, 0.05) is 11.9 Å². The first-order valence-corrected chi connectivity index (χ1v) is 2.55. The zero-order chi connectivity index (χ0) is 5.28. The summed E-state index contributed by atoms with van der Waals surface area (Å²) in [5.41, 5.74) is 2.59. The number of nitrogens with two attached hydrogens (primary N) is 1. The maximum absolute atomic E-state index is 10.2. The Morgan fingerprint density at radius 1 is 2.00 bits per heavy atom. The topological polar surface area (TPSA) is 58.4 Å². The van der Waals surface area contributed by atoms with Crippen LogP contribution in [-0.2, 0) is 4.79 Å². The van der Waals surface area contributed by atoms with Gasteiger partial charge in [0.1, 0.15) is 0 Å². The van der Waals surface area contributed by atoms with Crippen LogP contribution in [0.3, 0.4) is 0 Å². The highest BCUT2D eigenvalue weighted by atomic mass is 32.2. The molecule has 0 aromatic carbocycles. The molecular weight excluding hydrogens is 114 g/mol. The van der Waals surface area contributed by atoms with Crippen molar-refractivity contribution in [2.75, 3.05) is 6.54 Å². The van der Waals surface area contributed by atoms with Gasteiger partial charge in [-0.05, 0) is 0 Å². The highest BCUT2D eigenvalue weighted by Gasteiger charge is 2.15. The first-order valence-electron chi connectivity index (χ1n) is 1.78. The van der Waals surface area contributed by atoms with E-state index in [9.17, 15) is 4.79 Å². The molecule has 40 valence electrons. The number of carbonyl (C=O) groups excluding carboxylic acids is 1. The second kappa shape index (κ2) is 1.79. The SMILES string of the molecule is NN1NCC(=O)S1. The molecule has 0 aromatic heterocycles. The van der Waals surface area contributed by atoms with Crippen molar-refractivity contribution in [1.82, 2.24) is 9.95 Å². The van der Waals surface area contributed by atoms with Crippen molar-refractivity contribution >= 4 is 17.1 Å². The van der Waals surface area contributed by atoms with Gasteiger partial charge in [-0.3, -0.25) is 4.79 Å². The van der Waals surface area contributed by atoms with Gasteiger partial charge in [-0.1, -0.05) is 0 Å². The minimum absolute atomic E-state index is 0.0579. The van der Waals surface area contributed by atoms with Crippen molar-refractivity contribution in [3.05, 3.63) is 0 Å². The van der Waals surface area contributed by atoms with Gasteiger partial charge >= 0.3 is 0 Å². The van der Waals surface area contributed by atoms with Crippen molar-refractivity contribution in [2.45, 2.75) is 0 Å². The number of hydrogen-bond acceptors (Lipinski definition) is 5. The molecule has 0 aromatic rings. The Morgan fingerprint density at radius 2 is 2.71 bits per heavy atom. The van der Waals surface area contributed by atoms with Crippen LogP contribution < -0.4 is 11.3 Å². The molecule has 0 unspecified atom stereocenters. The van der Waals surface area contributed by atoms with Crippen LogP contribution in [-0.4, -0.2) is 16.2 Å². The lowest BCUT2D eigenvalue weighted by atomic mass is 10.8. The first kappa shape index (κ1) is 5.04. The zero-order valence-corrected chi connectivity index (χ0v) is 4.36. The van der Waals surface area contributed by atoms with E-state index in [1.165, 1.54) is 4.52 Å². The van der Waals surface area contributed by atoms with Crippen LogP contribution in [0, 0.1) is 0 Å². The lowest BCUT2D eigenvalue weighted by Crippen LogP contribution is -2.32. The molecular formula is C2H5N3OS. The van der Waals surface area contributed by atoms with Crippen LogP contribution in [0.1, 0.15) is 0 Å². The number of rotatable bonds is 0. The first-order chi connectivity index (χ1) is 3.29. The van der Waals surface area contributed by atoms with Gasteiger partial charge in [-0.15, -0.1) is 4.52 Å². The molecule has 1 fully saturated rings. The van der Waals surface area contributed by atoms with Gasteiger partial charge < -0.3 is 0 Å². The van der Waals surface area contributed by atoms with Crippen molar-refractivity contribution < 1.29 is 4.79 Å². The minimum atomic E-state index is 0.0579. The Balaban J connectivity index is 2.40. The normalized spacial score (nSPS) is 23.9. The van der Waals surface area contributed by atoms with Crippen LogP contribution in [0.15, 0.2) is 0 Å². The Bertz CT molecular complexity index is 94.9. The fraction of sp³-hybridized carbons (Fsp3) is 0.500. The number of nitrogens with one attached hydrogen (secondary N) is 1. The summed E-state index contributed by atoms with van der Waals surface area (Å²) in [5, 5.41) is 0.0579. The minimum Gasteiger partial charge on any atom is -0.284 e. The van der Waals surface area contributed by atoms with E-state index in [2.05, 4.69) is 5.43 Å². The van der Waals surface area contributed by atoms with E-state index in [1.807, 2.05) is 0 Å². The fourth-order valence-electron chi connectivity index (χ4n) is 0.317. The van der Waals surface area contributed by atoms with E-state index >= 15 is 0 Å². The van der Waals surface area contributed by atoms with Crippen LogP contribution in [0.5, 0.6) is 0 Å². The van der Waals surface area contributed by atoms with Crippen LogP contribution in [0.25, 0.3) is 0 Å². The Morgan fingerprint density at radius 3 is 2.86 bits per heavy atom. The van der Waals surface area contributed by atoms with E-state index < -0.39 is 0 Å². The molecule has 7 heavy (non-hydrogen) atoms. The smallest absolute Gasteiger partial charge is 0.221 e. The maximum atomic E-state index is 10.2. The molecule has 1 rings (SSSR count). The number of carbonyl (C=O) groups is 1. The summed E-state index contributed by atoms with van der Waals surface area (Å²) < 4.78 is 1.20. The second-order valence-electron chi connectivity index (χ2n) is 1.12. The maximum Gasteiger partial charge on any atom is 0.221 e. The molecule has 0 atom stereocenters. The molecule has 3 N–H and O–H groups in total. The van der Waals surface area contributed by atoms with E-state index in [-0.39, 0.29) is 5.12 Å². The lowest BCUT2D eigenvalue weighted by molar-refractivity contribution is -0.109. The summed E-state index contributed by atoms with van der Waals surface area (Å²) >= 11 is 0.981. The Kier molecular flexibility index (Phi) is 1.29. The third-order valence-corrected chi connectivity index (χ3v) is 1.25. The third kappa shape index (κ3) is 1.13. The van der Waals surface area contributed by atoms with Gasteiger partial charge in [-0.2, -0.15) is 0 Å². The quantitative estimate of drug-likeness (QED) is 0.311. The van der Waals surface area contributed by atoms with Gasteiger partial charge in [-0.25, -0.2) is 11.3 Å². The molecule has 0 bridgehead atoms. The Hall–Kier alpha value is -0.100. The average molecular weight is 119 g/mol. The summed E-state index contributed by atoms with van der Waals surface area (Å²) in [6, 6.07) is 0. The largest absolute Gasteiger partial charge is 0.284 e. The van der Waals surface area contributed by atoms with Crippen molar-refractivity contribution in [3.8, 4) is 0 Å². The molecule has 1 aliphatic heterocycles. The van der Waals surface area contributed by atoms with Gasteiger partial charge in [0.15, 0.2) is 0 Å². The van der Waals surface area contributed by atoms with Gasteiger partial charge in [0.05, 0.1) is 6.54 Å². The van der Waals surface area contributed by atoms with E-state index in [0.29, 0.717) is 6.54 Å². The molecule has 1 aliphatic rings. The van der Waals surface area contributed by atoms with E-state index in [0.717, 1.165) is 11.9 Å². The molecule has 0 saturated carbocycles. The predicted octanol–water partition coefficient (Wildman–Crippen LogP) is -1.14. The summed E-state index contributed by atoms with van der Waals surface area (Å²) in [6.07, 6.45) is 0. The standard InChI is InChI=1S/C2H5N3OS/c3-5-4-1-2(6)7-5/h4H,1,3H2. The fourth-order valence-corrected chi connectivity index (χ4v) is 0.794. The summed E-state index contributed by atoms with van der Waals surface area (Å²) in [6.45, 7) is 0.348. The average Bonchev–Trinajstić information content (AvgIpc) is 1.87. The Labute approximate surface area is 45.1 Å². The predicted molar refractivity (Wildman–Crippen MR) is 26.6 cm³/mol.